The van der Waals surface area contributed by atoms with E-state index in [1.54, 1.807) is 16.9 Å². The number of anilines is 3. The minimum absolute atomic E-state index is 0.106. The van der Waals surface area contributed by atoms with Crippen LogP contribution in [-0.2, 0) is 0 Å². The second-order valence-corrected chi connectivity index (χ2v) is 5.42. The van der Waals surface area contributed by atoms with Crippen molar-refractivity contribution in [1.82, 2.24) is 19.7 Å². The molecule has 112 valence electrons. The summed E-state index contributed by atoms with van der Waals surface area (Å²) in [5.74, 6) is 0.612. The molecule has 3 rings (SSSR count). The fourth-order valence-corrected chi connectivity index (χ4v) is 2.41. The lowest BCUT2D eigenvalue weighted by molar-refractivity contribution is 0.847. The van der Waals surface area contributed by atoms with E-state index in [-0.39, 0.29) is 11.1 Å². The molecule has 0 amide bonds. The van der Waals surface area contributed by atoms with Crippen molar-refractivity contribution in [1.29, 1.82) is 0 Å². The van der Waals surface area contributed by atoms with Gasteiger partial charge in [-0.25, -0.2) is 9.67 Å². The van der Waals surface area contributed by atoms with Crippen LogP contribution in [0.5, 0.6) is 0 Å². The number of halogens is 2. The minimum atomic E-state index is 0.106. The van der Waals surface area contributed by atoms with Crippen LogP contribution in [0, 0.1) is 6.92 Å². The third-order valence-electron chi connectivity index (χ3n) is 3.04. The third kappa shape index (κ3) is 2.98. The Labute approximate surface area is 136 Å². The molecule has 8 heteroatoms. The fourth-order valence-electron chi connectivity index (χ4n) is 2.04. The van der Waals surface area contributed by atoms with Crippen molar-refractivity contribution >= 4 is 40.7 Å². The number of aromatic nitrogens is 4. The number of nitrogen functional groups attached to an aromatic ring is 1. The fraction of sp³-hybridized carbons (Fsp3) is 0.0714. The van der Waals surface area contributed by atoms with Crippen molar-refractivity contribution in [2.45, 2.75) is 6.92 Å². The van der Waals surface area contributed by atoms with Crippen LogP contribution in [0.2, 0.25) is 10.2 Å². The molecule has 6 nitrogen and oxygen atoms in total. The van der Waals surface area contributed by atoms with Crippen LogP contribution >= 0.6 is 23.2 Å². The summed E-state index contributed by atoms with van der Waals surface area (Å²) < 4.78 is 1.78. The van der Waals surface area contributed by atoms with Crippen LogP contribution in [0.3, 0.4) is 0 Å². The summed E-state index contributed by atoms with van der Waals surface area (Å²) in [7, 11) is 0. The molecule has 0 bridgehead atoms. The Morgan fingerprint density at radius 3 is 2.73 bits per heavy atom. The van der Waals surface area contributed by atoms with E-state index < -0.39 is 0 Å². The first-order valence-corrected chi connectivity index (χ1v) is 7.16. The lowest BCUT2D eigenvalue weighted by atomic mass is 10.3. The largest absolute Gasteiger partial charge is 0.368 e. The number of rotatable bonds is 3. The average molecular weight is 335 g/mol. The highest BCUT2D eigenvalue weighted by molar-refractivity contribution is 6.30. The first-order chi connectivity index (χ1) is 10.5. The molecule has 0 aliphatic carbocycles. The summed E-state index contributed by atoms with van der Waals surface area (Å²) in [4.78, 5) is 7.90. The van der Waals surface area contributed by atoms with Gasteiger partial charge in [-0.15, -0.1) is 0 Å². The van der Waals surface area contributed by atoms with Gasteiger partial charge in [0.05, 0.1) is 23.3 Å². The van der Waals surface area contributed by atoms with E-state index in [9.17, 15) is 0 Å². The summed E-state index contributed by atoms with van der Waals surface area (Å²) >= 11 is 11.9. The summed E-state index contributed by atoms with van der Waals surface area (Å²) in [5, 5.41) is 8.41. The van der Waals surface area contributed by atoms with Crippen LogP contribution in [0.15, 0.2) is 36.5 Å². The van der Waals surface area contributed by atoms with Gasteiger partial charge in [-0.05, 0) is 25.1 Å². The number of benzene rings is 1. The van der Waals surface area contributed by atoms with Gasteiger partial charge in [-0.3, -0.25) is 0 Å². The van der Waals surface area contributed by atoms with Crippen LogP contribution in [-0.4, -0.2) is 19.7 Å². The molecule has 3 aromatic rings. The van der Waals surface area contributed by atoms with Gasteiger partial charge in [-0.2, -0.15) is 10.1 Å². The van der Waals surface area contributed by atoms with Crippen LogP contribution in [0.4, 0.5) is 17.5 Å². The van der Waals surface area contributed by atoms with E-state index in [2.05, 4.69) is 20.4 Å². The maximum atomic E-state index is 6.02. The van der Waals surface area contributed by atoms with E-state index in [1.807, 2.05) is 31.2 Å². The summed E-state index contributed by atoms with van der Waals surface area (Å²) in [6, 6.07) is 9.04. The third-order valence-corrected chi connectivity index (χ3v) is 3.47. The van der Waals surface area contributed by atoms with Gasteiger partial charge in [0.2, 0.25) is 5.95 Å². The van der Waals surface area contributed by atoms with Gasteiger partial charge in [0.15, 0.2) is 0 Å². The van der Waals surface area contributed by atoms with Crippen LogP contribution in [0.25, 0.3) is 5.69 Å². The highest BCUT2D eigenvalue weighted by Crippen LogP contribution is 2.24. The topological polar surface area (TPSA) is 81.7 Å². The Morgan fingerprint density at radius 2 is 2.00 bits per heavy atom. The van der Waals surface area contributed by atoms with Crippen molar-refractivity contribution in [3.05, 3.63) is 52.4 Å². The Hall–Kier alpha value is -2.31. The van der Waals surface area contributed by atoms with Gasteiger partial charge in [0.25, 0.3) is 0 Å². The van der Waals surface area contributed by atoms with Crippen molar-refractivity contribution < 1.29 is 0 Å². The number of hydrogen-bond donors (Lipinski definition) is 2. The maximum absolute atomic E-state index is 6.02. The molecule has 0 fully saturated rings. The van der Waals surface area contributed by atoms with Gasteiger partial charge >= 0.3 is 0 Å². The first-order valence-electron chi connectivity index (χ1n) is 6.40. The number of nitrogens with one attached hydrogen (secondary N) is 1. The van der Waals surface area contributed by atoms with Gasteiger partial charge in [0, 0.05) is 11.1 Å². The Bertz CT molecular complexity index is 810. The van der Waals surface area contributed by atoms with E-state index in [0.29, 0.717) is 10.8 Å². The molecule has 0 spiro atoms. The van der Waals surface area contributed by atoms with E-state index in [4.69, 9.17) is 28.9 Å². The molecule has 0 aliphatic rings. The van der Waals surface area contributed by atoms with Crippen molar-refractivity contribution in [2.24, 2.45) is 0 Å². The first kappa shape index (κ1) is 14.6. The minimum Gasteiger partial charge on any atom is -0.368 e. The van der Waals surface area contributed by atoms with E-state index in [0.717, 1.165) is 17.1 Å². The smallest absolute Gasteiger partial charge is 0.223 e. The van der Waals surface area contributed by atoms with Crippen molar-refractivity contribution in [2.75, 3.05) is 11.1 Å². The molecule has 2 heterocycles. The second kappa shape index (κ2) is 5.82. The molecule has 0 atom stereocenters. The van der Waals surface area contributed by atoms with E-state index >= 15 is 0 Å². The highest BCUT2D eigenvalue weighted by atomic mass is 35.5. The molecule has 0 radical (unpaired) electrons. The monoisotopic (exact) mass is 334 g/mol. The molecular weight excluding hydrogens is 323 g/mol. The number of nitrogens with two attached hydrogens (primary N) is 1. The SMILES string of the molecule is Cc1c(Nc2cc(Cl)nc(N)n2)cnn1-c1cccc(Cl)c1. The summed E-state index contributed by atoms with van der Waals surface area (Å²) in [6.45, 7) is 1.93. The van der Waals surface area contributed by atoms with Crippen LogP contribution in [0.1, 0.15) is 5.69 Å². The van der Waals surface area contributed by atoms with Gasteiger partial charge in [0.1, 0.15) is 11.0 Å². The molecule has 0 unspecified atom stereocenters. The highest BCUT2D eigenvalue weighted by Gasteiger charge is 2.10. The standard InChI is InChI=1S/C14H12Cl2N6/c1-8-11(19-13-6-12(16)20-14(17)21-13)7-18-22(8)10-4-2-3-9(15)5-10/h2-7H,1H3,(H3,17,19,20,21). The molecule has 22 heavy (non-hydrogen) atoms. The van der Waals surface area contributed by atoms with Gasteiger partial charge in [-0.1, -0.05) is 29.3 Å². The Morgan fingerprint density at radius 1 is 1.18 bits per heavy atom. The molecular formula is C14H12Cl2N6. The zero-order valence-electron chi connectivity index (χ0n) is 11.6. The zero-order valence-corrected chi connectivity index (χ0v) is 13.1. The van der Waals surface area contributed by atoms with Gasteiger partial charge < -0.3 is 11.1 Å². The molecule has 1 aromatic carbocycles. The number of hydrogen-bond acceptors (Lipinski definition) is 5. The van der Waals surface area contributed by atoms with E-state index in [1.165, 1.54) is 0 Å². The number of nitrogens with zero attached hydrogens (tertiary/aromatic N) is 4. The zero-order chi connectivity index (χ0) is 15.7. The quantitative estimate of drug-likeness (QED) is 0.715. The normalized spacial score (nSPS) is 10.7. The lowest BCUT2D eigenvalue weighted by Gasteiger charge is -2.08. The second-order valence-electron chi connectivity index (χ2n) is 4.59. The maximum Gasteiger partial charge on any atom is 0.223 e. The molecule has 0 aliphatic heterocycles. The molecule has 0 saturated heterocycles. The molecule has 2 aromatic heterocycles. The van der Waals surface area contributed by atoms with Crippen molar-refractivity contribution in [3.63, 3.8) is 0 Å². The predicted octanol–water partition coefficient (Wildman–Crippen LogP) is 3.60. The summed E-state index contributed by atoms with van der Waals surface area (Å²) in [5.41, 5.74) is 8.14. The Balaban J connectivity index is 1.93. The average Bonchev–Trinajstić information content (AvgIpc) is 2.79. The predicted molar refractivity (Wildman–Crippen MR) is 88.0 cm³/mol. The summed E-state index contributed by atoms with van der Waals surface area (Å²) in [6.07, 6.45) is 1.70. The van der Waals surface area contributed by atoms with Crippen LogP contribution < -0.4 is 11.1 Å². The Kier molecular flexibility index (Phi) is 3.87. The lowest BCUT2D eigenvalue weighted by Crippen LogP contribution is -2.02. The molecule has 3 N–H and O–H groups in total. The van der Waals surface area contributed by atoms with Crippen molar-refractivity contribution in [3.8, 4) is 5.69 Å². The molecule has 0 saturated carbocycles.